The Labute approximate surface area is 80.8 Å². The Morgan fingerprint density at radius 2 is 2.23 bits per heavy atom. The second-order valence-corrected chi connectivity index (χ2v) is 5.00. The van der Waals surface area contributed by atoms with Gasteiger partial charge in [-0.2, -0.15) is 0 Å². The van der Waals surface area contributed by atoms with E-state index >= 15 is 0 Å². The molecular formula is C11H20N2. The van der Waals surface area contributed by atoms with E-state index in [-0.39, 0.29) is 0 Å². The van der Waals surface area contributed by atoms with Crippen molar-refractivity contribution in [2.24, 2.45) is 11.3 Å². The van der Waals surface area contributed by atoms with Crippen LogP contribution in [0.2, 0.25) is 0 Å². The van der Waals surface area contributed by atoms with Crippen molar-refractivity contribution in [1.29, 1.82) is 5.41 Å². The fourth-order valence-corrected chi connectivity index (χ4v) is 2.13. The van der Waals surface area contributed by atoms with Crippen LogP contribution < -0.4 is 0 Å². The molecule has 0 aromatic heterocycles. The number of likely N-dealkylation sites (tertiary alicyclic amines) is 1. The van der Waals surface area contributed by atoms with Gasteiger partial charge in [0.2, 0.25) is 0 Å². The number of nitrogens with zero attached hydrogens (tertiary/aromatic N) is 1. The van der Waals surface area contributed by atoms with Crippen molar-refractivity contribution < 1.29 is 0 Å². The average Bonchev–Trinajstić information content (AvgIpc) is 2.89. The number of hydrogen-bond donors (Lipinski definition) is 1. The van der Waals surface area contributed by atoms with Crippen molar-refractivity contribution >= 4 is 5.84 Å². The predicted octanol–water partition coefficient (Wildman–Crippen LogP) is 2.50. The second kappa shape index (κ2) is 3.00. The van der Waals surface area contributed by atoms with Gasteiger partial charge in [-0.3, -0.25) is 5.41 Å². The standard InChI is InChI=1S/C11H20N2/c1-3-11(2)6-7-13(8-11)10(12)9-4-5-9/h9,12H,3-8H2,1-2H3. The molecule has 0 bridgehead atoms. The Balaban J connectivity index is 1.93. The zero-order valence-corrected chi connectivity index (χ0v) is 8.77. The van der Waals surface area contributed by atoms with Crippen LogP contribution in [0.4, 0.5) is 0 Å². The van der Waals surface area contributed by atoms with E-state index in [1.165, 1.54) is 25.7 Å². The Morgan fingerprint density at radius 1 is 1.54 bits per heavy atom. The van der Waals surface area contributed by atoms with Crippen molar-refractivity contribution in [2.45, 2.75) is 39.5 Å². The molecule has 13 heavy (non-hydrogen) atoms. The van der Waals surface area contributed by atoms with Gasteiger partial charge in [0.15, 0.2) is 0 Å². The van der Waals surface area contributed by atoms with E-state index in [0.29, 0.717) is 11.3 Å². The van der Waals surface area contributed by atoms with Crippen LogP contribution >= 0.6 is 0 Å². The largest absolute Gasteiger partial charge is 0.360 e. The lowest BCUT2D eigenvalue weighted by molar-refractivity contribution is 0.322. The summed E-state index contributed by atoms with van der Waals surface area (Å²) in [5.41, 5.74) is 0.487. The molecule has 0 spiro atoms. The summed E-state index contributed by atoms with van der Waals surface area (Å²) < 4.78 is 0. The second-order valence-electron chi connectivity index (χ2n) is 5.00. The summed E-state index contributed by atoms with van der Waals surface area (Å²) >= 11 is 0. The van der Waals surface area contributed by atoms with Gasteiger partial charge < -0.3 is 4.90 Å². The molecule has 0 amide bonds. The fourth-order valence-electron chi connectivity index (χ4n) is 2.13. The molecule has 1 heterocycles. The van der Waals surface area contributed by atoms with E-state index in [9.17, 15) is 0 Å². The minimum Gasteiger partial charge on any atom is -0.360 e. The maximum atomic E-state index is 7.98. The lowest BCUT2D eigenvalue weighted by atomic mass is 9.87. The molecule has 1 atom stereocenters. The molecule has 0 aromatic rings. The monoisotopic (exact) mass is 180 g/mol. The van der Waals surface area contributed by atoms with Crippen LogP contribution in [0.25, 0.3) is 0 Å². The van der Waals surface area contributed by atoms with Gasteiger partial charge in [0.05, 0.1) is 5.84 Å². The summed E-state index contributed by atoms with van der Waals surface area (Å²) in [6, 6.07) is 0. The Morgan fingerprint density at radius 3 is 2.69 bits per heavy atom. The highest BCUT2D eigenvalue weighted by atomic mass is 15.2. The van der Waals surface area contributed by atoms with Crippen LogP contribution in [0.5, 0.6) is 0 Å². The third-order valence-electron chi connectivity index (χ3n) is 3.72. The summed E-state index contributed by atoms with van der Waals surface area (Å²) in [7, 11) is 0. The highest BCUT2D eigenvalue weighted by Gasteiger charge is 2.37. The molecule has 1 N–H and O–H groups in total. The molecule has 2 rings (SSSR count). The van der Waals surface area contributed by atoms with E-state index in [2.05, 4.69) is 18.7 Å². The molecule has 1 unspecified atom stereocenters. The SMILES string of the molecule is CCC1(C)CCN(C(=N)C2CC2)C1. The normalized spacial score (nSPS) is 33.8. The van der Waals surface area contributed by atoms with Crippen LogP contribution in [-0.4, -0.2) is 23.8 Å². The fraction of sp³-hybridized carbons (Fsp3) is 0.909. The van der Waals surface area contributed by atoms with Crippen LogP contribution in [0, 0.1) is 16.7 Å². The van der Waals surface area contributed by atoms with Gasteiger partial charge in [-0.15, -0.1) is 0 Å². The van der Waals surface area contributed by atoms with E-state index < -0.39 is 0 Å². The summed E-state index contributed by atoms with van der Waals surface area (Å²) in [5.74, 6) is 1.55. The van der Waals surface area contributed by atoms with Crippen LogP contribution in [-0.2, 0) is 0 Å². The smallest absolute Gasteiger partial charge is 0.0989 e. The van der Waals surface area contributed by atoms with Crippen LogP contribution in [0.15, 0.2) is 0 Å². The van der Waals surface area contributed by atoms with Gasteiger partial charge in [-0.1, -0.05) is 13.8 Å². The highest BCUT2D eigenvalue weighted by Crippen LogP contribution is 2.37. The maximum Gasteiger partial charge on any atom is 0.0989 e. The molecule has 2 fully saturated rings. The van der Waals surface area contributed by atoms with Gasteiger partial charge >= 0.3 is 0 Å². The van der Waals surface area contributed by atoms with E-state index in [4.69, 9.17) is 5.41 Å². The molecule has 1 saturated heterocycles. The Kier molecular flexibility index (Phi) is 2.09. The zero-order valence-electron chi connectivity index (χ0n) is 8.77. The number of nitrogens with one attached hydrogen (secondary N) is 1. The molecule has 0 radical (unpaired) electrons. The van der Waals surface area contributed by atoms with Gasteiger partial charge in [0.1, 0.15) is 0 Å². The van der Waals surface area contributed by atoms with E-state index in [1.807, 2.05) is 0 Å². The number of hydrogen-bond acceptors (Lipinski definition) is 1. The third kappa shape index (κ3) is 1.72. The van der Waals surface area contributed by atoms with Gasteiger partial charge in [-0.25, -0.2) is 0 Å². The molecule has 0 aromatic carbocycles. The maximum absolute atomic E-state index is 7.98. The van der Waals surface area contributed by atoms with Crippen molar-refractivity contribution in [3.05, 3.63) is 0 Å². The molecule has 2 nitrogen and oxygen atoms in total. The number of rotatable bonds is 2. The third-order valence-corrected chi connectivity index (χ3v) is 3.72. The van der Waals surface area contributed by atoms with Gasteiger partial charge in [0.25, 0.3) is 0 Å². The van der Waals surface area contributed by atoms with Crippen molar-refractivity contribution in [3.63, 3.8) is 0 Å². The Hall–Kier alpha value is -0.530. The molecule has 74 valence electrons. The summed E-state index contributed by atoms with van der Waals surface area (Å²) in [6.07, 6.45) is 5.05. The summed E-state index contributed by atoms with van der Waals surface area (Å²) in [4.78, 5) is 2.31. The van der Waals surface area contributed by atoms with Crippen molar-refractivity contribution in [3.8, 4) is 0 Å². The summed E-state index contributed by atoms with van der Waals surface area (Å²) in [6.45, 7) is 6.87. The van der Waals surface area contributed by atoms with Crippen LogP contribution in [0.3, 0.4) is 0 Å². The van der Waals surface area contributed by atoms with Gasteiger partial charge in [-0.05, 0) is 31.1 Å². The highest BCUT2D eigenvalue weighted by molar-refractivity contribution is 5.84. The molecule has 1 saturated carbocycles. The topological polar surface area (TPSA) is 27.1 Å². The molecule has 1 aliphatic carbocycles. The van der Waals surface area contributed by atoms with Crippen molar-refractivity contribution in [1.82, 2.24) is 4.90 Å². The zero-order chi connectivity index (χ0) is 9.47. The lowest BCUT2D eigenvalue weighted by Gasteiger charge is -2.24. The molecule has 2 aliphatic rings. The lowest BCUT2D eigenvalue weighted by Crippen LogP contribution is -2.31. The number of amidine groups is 1. The van der Waals surface area contributed by atoms with E-state index in [1.54, 1.807) is 0 Å². The molecule has 1 aliphatic heterocycles. The average molecular weight is 180 g/mol. The first-order valence-corrected chi connectivity index (χ1v) is 5.48. The van der Waals surface area contributed by atoms with Gasteiger partial charge in [0, 0.05) is 19.0 Å². The minimum atomic E-state index is 0.487. The first kappa shape index (κ1) is 9.04. The minimum absolute atomic E-state index is 0.487. The van der Waals surface area contributed by atoms with Crippen LogP contribution in [0.1, 0.15) is 39.5 Å². The predicted molar refractivity (Wildman–Crippen MR) is 55.0 cm³/mol. The first-order valence-electron chi connectivity index (χ1n) is 5.48. The Bertz CT molecular complexity index is 220. The van der Waals surface area contributed by atoms with E-state index in [0.717, 1.165) is 18.9 Å². The van der Waals surface area contributed by atoms with Crippen molar-refractivity contribution in [2.75, 3.05) is 13.1 Å². The summed E-state index contributed by atoms with van der Waals surface area (Å²) in [5, 5.41) is 7.98. The molecular weight excluding hydrogens is 160 g/mol. The molecule has 2 heteroatoms. The quantitative estimate of drug-likeness (QED) is 0.513. The first-order chi connectivity index (χ1) is 6.14.